The van der Waals surface area contributed by atoms with Gasteiger partial charge in [-0.25, -0.2) is 0 Å². The van der Waals surface area contributed by atoms with E-state index in [-0.39, 0.29) is 24.1 Å². The number of amides is 2. The SMILES string of the molecule is Cc1cc(OCCCNCCC(=O)N[C@@H](CO)C(N)=O)ccc1Cc1c(O[C@@H]2O[C@H](CO)[C@@H](O)[C@H](O)[C@H]2O)n[nH]c1C(C)C. The van der Waals surface area contributed by atoms with Gasteiger partial charge in [-0.1, -0.05) is 19.9 Å². The number of hydrogen-bond donors (Lipinski definition) is 9. The summed E-state index contributed by atoms with van der Waals surface area (Å²) in [7, 11) is 0. The molecule has 44 heavy (non-hydrogen) atoms. The van der Waals surface area contributed by atoms with E-state index in [1.54, 1.807) is 0 Å². The van der Waals surface area contributed by atoms with Crippen molar-refractivity contribution in [2.75, 3.05) is 32.9 Å². The summed E-state index contributed by atoms with van der Waals surface area (Å²) in [6.07, 6.45) is -5.79. The van der Waals surface area contributed by atoms with E-state index in [2.05, 4.69) is 20.8 Å². The first-order chi connectivity index (χ1) is 21.0. The standard InChI is InChI=1S/C29H45N5O10/c1-15(2)23-19(28(34-33-23)44-29-26(40)25(39)24(38)21(14-36)43-29)12-17-5-6-18(11-16(17)3)42-10-4-8-31-9-7-22(37)32-20(13-35)27(30)41/h5-6,11,15,20-21,24-26,29,31,35-36,38-40H,4,7-10,12-14H2,1-3H3,(H2,30,41)(H,32,37)(H,33,34)/t20-,21+,24+,25-,26+,29-/m0/s1. The number of nitrogens with two attached hydrogens (primary N) is 1. The number of nitrogens with one attached hydrogen (secondary N) is 3. The van der Waals surface area contributed by atoms with E-state index in [0.717, 1.165) is 22.4 Å². The normalized spacial score (nSPS) is 22.5. The van der Waals surface area contributed by atoms with Gasteiger partial charge in [-0.05, 0) is 49.1 Å². The number of rotatable bonds is 17. The highest BCUT2D eigenvalue weighted by atomic mass is 16.7. The number of ether oxygens (including phenoxy) is 3. The third kappa shape index (κ3) is 9.34. The van der Waals surface area contributed by atoms with Gasteiger partial charge in [0.25, 0.3) is 0 Å². The van der Waals surface area contributed by atoms with Crippen LogP contribution in [0.5, 0.6) is 11.6 Å². The molecule has 1 aliphatic heterocycles. The molecule has 2 heterocycles. The maximum Gasteiger partial charge on any atom is 0.242 e. The van der Waals surface area contributed by atoms with Gasteiger partial charge in [0.1, 0.15) is 36.2 Å². The second kappa shape index (κ2) is 16.7. The largest absolute Gasteiger partial charge is 0.494 e. The Bertz CT molecular complexity index is 1220. The molecule has 1 aromatic heterocycles. The molecule has 15 nitrogen and oxygen atoms in total. The van der Waals surface area contributed by atoms with Crippen molar-refractivity contribution in [2.45, 2.75) is 82.7 Å². The quantitative estimate of drug-likeness (QED) is 0.0898. The van der Waals surface area contributed by atoms with E-state index in [0.29, 0.717) is 38.3 Å². The van der Waals surface area contributed by atoms with Crippen LogP contribution in [0.2, 0.25) is 0 Å². The molecule has 0 radical (unpaired) electrons. The molecule has 246 valence electrons. The number of carbonyl (C=O) groups is 2. The number of carbonyl (C=O) groups excluding carboxylic acids is 2. The van der Waals surface area contributed by atoms with Crippen molar-refractivity contribution >= 4 is 11.8 Å². The lowest BCUT2D eigenvalue weighted by molar-refractivity contribution is -0.278. The molecule has 0 aliphatic carbocycles. The third-order valence-corrected chi connectivity index (χ3v) is 7.35. The van der Waals surface area contributed by atoms with E-state index in [9.17, 15) is 30.0 Å². The average molecular weight is 624 g/mol. The second-order valence-electron chi connectivity index (χ2n) is 11.1. The highest BCUT2D eigenvalue weighted by Gasteiger charge is 2.45. The fourth-order valence-electron chi connectivity index (χ4n) is 4.72. The lowest BCUT2D eigenvalue weighted by Crippen LogP contribution is -2.60. The van der Waals surface area contributed by atoms with E-state index in [1.165, 1.54) is 0 Å². The zero-order valence-corrected chi connectivity index (χ0v) is 25.2. The summed E-state index contributed by atoms with van der Waals surface area (Å²) in [6.45, 7) is 6.30. The molecule has 0 bridgehead atoms. The van der Waals surface area contributed by atoms with Crippen LogP contribution < -0.4 is 25.8 Å². The van der Waals surface area contributed by atoms with Crippen LogP contribution in [0.4, 0.5) is 0 Å². The number of aliphatic hydroxyl groups excluding tert-OH is 5. The molecule has 0 spiro atoms. The van der Waals surface area contributed by atoms with Crippen molar-refractivity contribution in [1.82, 2.24) is 20.8 Å². The van der Waals surface area contributed by atoms with Crippen LogP contribution in [0.25, 0.3) is 0 Å². The third-order valence-electron chi connectivity index (χ3n) is 7.35. The Labute approximate surface area is 255 Å². The first-order valence-electron chi connectivity index (χ1n) is 14.6. The van der Waals surface area contributed by atoms with Crippen molar-refractivity contribution in [1.29, 1.82) is 0 Å². The lowest BCUT2D eigenvalue weighted by atomic mass is 9.96. The van der Waals surface area contributed by atoms with Gasteiger partial charge in [0, 0.05) is 30.6 Å². The summed E-state index contributed by atoms with van der Waals surface area (Å²) in [5.74, 6) is -0.222. The molecule has 0 unspecified atom stereocenters. The lowest BCUT2D eigenvalue weighted by Gasteiger charge is -2.39. The highest BCUT2D eigenvalue weighted by molar-refractivity contribution is 5.86. The van der Waals surface area contributed by atoms with Gasteiger partial charge in [0.2, 0.25) is 24.0 Å². The minimum Gasteiger partial charge on any atom is -0.494 e. The van der Waals surface area contributed by atoms with Gasteiger partial charge in [0.05, 0.1) is 19.8 Å². The molecule has 1 fully saturated rings. The molecule has 15 heteroatoms. The second-order valence-corrected chi connectivity index (χ2v) is 11.1. The molecular formula is C29H45N5O10. The van der Waals surface area contributed by atoms with Crippen molar-refractivity contribution in [2.24, 2.45) is 5.73 Å². The van der Waals surface area contributed by atoms with E-state index in [1.807, 2.05) is 39.0 Å². The monoisotopic (exact) mass is 623 g/mol. The number of hydrogen-bond acceptors (Lipinski definition) is 12. The van der Waals surface area contributed by atoms with E-state index >= 15 is 0 Å². The number of aliphatic hydroxyl groups is 5. The molecule has 1 aliphatic rings. The number of H-pyrrole nitrogens is 1. The number of aromatic nitrogens is 2. The fourth-order valence-corrected chi connectivity index (χ4v) is 4.72. The molecule has 1 aromatic carbocycles. The summed E-state index contributed by atoms with van der Waals surface area (Å²) >= 11 is 0. The fraction of sp³-hybridized carbons (Fsp3) is 0.621. The van der Waals surface area contributed by atoms with Gasteiger partial charge < -0.3 is 56.1 Å². The van der Waals surface area contributed by atoms with Gasteiger partial charge in [-0.15, -0.1) is 5.10 Å². The maximum atomic E-state index is 11.8. The zero-order chi connectivity index (χ0) is 32.4. The Morgan fingerprint density at radius 2 is 1.89 bits per heavy atom. The topological polar surface area (TPSA) is 242 Å². The molecule has 6 atom stereocenters. The molecule has 10 N–H and O–H groups in total. The van der Waals surface area contributed by atoms with Crippen molar-refractivity contribution < 1.29 is 49.3 Å². The number of benzene rings is 1. The smallest absolute Gasteiger partial charge is 0.242 e. The number of nitrogens with zero attached hydrogens (tertiary/aromatic N) is 1. The predicted octanol–water partition coefficient (Wildman–Crippen LogP) is -1.68. The highest BCUT2D eigenvalue weighted by Crippen LogP contribution is 2.32. The van der Waals surface area contributed by atoms with Crippen LogP contribution in [0.15, 0.2) is 18.2 Å². The average Bonchev–Trinajstić information content (AvgIpc) is 3.38. The van der Waals surface area contributed by atoms with Crippen molar-refractivity contribution in [3.63, 3.8) is 0 Å². The summed E-state index contributed by atoms with van der Waals surface area (Å²) in [5, 5.41) is 61.9. The Balaban J connectivity index is 1.53. The van der Waals surface area contributed by atoms with Crippen molar-refractivity contribution in [3.05, 3.63) is 40.6 Å². The molecular weight excluding hydrogens is 578 g/mol. The van der Waals surface area contributed by atoms with Crippen LogP contribution in [0.3, 0.4) is 0 Å². The number of aryl methyl sites for hydroxylation is 1. The Morgan fingerprint density at radius 3 is 2.52 bits per heavy atom. The first-order valence-corrected chi connectivity index (χ1v) is 14.6. The van der Waals surface area contributed by atoms with Crippen molar-refractivity contribution in [3.8, 4) is 11.6 Å². The summed E-state index contributed by atoms with van der Waals surface area (Å²) in [5.41, 5.74) is 8.62. The summed E-state index contributed by atoms with van der Waals surface area (Å²) < 4.78 is 17.3. The van der Waals surface area contributed by atoms with Crippen LogP contribution in [-0.2, 0) is 20.7 Å². The number of aromatic amines is 1. The van der Waals surface area contributed by atoms with Gasteiger partial charge in [-0.3, -0.25) is 14.7 Å². The van der Waals surface area contributed by atoms with Gasteiger partial charge >= 0.3 is 0 Å². The Morgan fingerprint density at radius 1 is 1.14 bits per heavy atom. The van der Waals surface area contributed by atoms with Gasteiger partial charge in [0.15, 0.2) is 0 Å². The Kier molecular flexibility index (Phi) is 13.3. The molecule has 2 aromatic rings. The Hall–Kier alpha value is -3.31. The zero-order valence-electron chi connectivity index (χ0n) is 25.2. The van der Waals surface area contributed by atoms with Gasteiger partial charge in [-0.2, -0.15) is 0 Å². The summed E-state index contributed by atoms with van der Waals surface area (Å²) in [4.78, 5) is 22.9. The summed E-state index contributed by atoms with van der Waals surface area (Å²) in [6, 6.07) is 4.65. The van der Waals surface area contributed by atoms with E-state index < -0.39 is 55.9 Å². The molecule has 1 saturated heterocycles. The minimum absolute atomic E-state index is 0.0724. The maximum absolute atomic E-state index is 11.8. The predicted molar refractivity (Wildman–Crippen MR) is 157 cm³/mol. The van der Waals surface area contributed by atoms with E-state index in [4.69, 9.17) is 25.1 Å². The van der Waals surface area contributed by atoms with Crippen LogP contribution in [0, 0.1) is 6.92 Å². The minimum atomic E-state index is -1.56. The first kappa shape index (κ1) is 35.2. The molecule has 0 saturated carbocycles. The van der Waals surface area contributed by atoms with Crippen LogP contribution in [0.1, 0.15) is 55.0 Å². The van der Waals surface area contributed by atoms with Crippen LogP contribution >= 0.6 is 0 Å². The molecule has 2 amide bonds. The number of primary amides is 1. The van der Waals surface area contributed by atoms with Crippen LogP contribution in [-0.4, -0.2) is 117 Å². The molecule has 3 rings (SSSR count).